The van der Waals surface area contributed by atoms with E-state index in [1.54, 1.807) is 13.2 Å². The van der Waals surface area contributed by atoms with Crippen LogP contribution in [0.4, 0.5) is 8.78 Å². The fourth-order valence-electron chi connectivity index (χ4n) is 1.83. The maximum atomic E-state index is 13.2. The summed E-state index contributed by atoms with van der Waals surface area (Å²) in [6, 6.07) is 11.6. The third kappa shape index (κ3) is 3.53. The lowest BCUT2D eigenvalue weighted by molar-refractivity contribution is 0.414. The van der Waals surface area contributed by atoms with Gasteiger partial charge in [0, 0.05) is 4.83 Å². The topological polar surface area (TPSA) is 9.23 Å². The van der Waals surface area contributed by atoms with Gasteiger partial charge in [-0.25, -0.2) is 8.78 Å². The molecule has 0 radical (unpaired) electrons. The van der Waals surface area contributed by atoms with Crippen LogP contribution in [-0.2, 0) is 6.42 Å². The number of ether oxygens (including phenoxy) is 1. The molecular formula is C15H13BrF2O. The van der Waals surface area contributed by atoms with E-state index >= 15 is 0 Å². The molecule has 0 aliphatic rings. The summed E-state index contributed by atoms with van der Waals surface area (Å²) < 4.78 is 31.2. The Labute approximate surface area is 119 Å². The van der Waals surface area contributed by atoms with Crippen molar-refractivity contribution in [1.82, 2.24) is 0 Å². The zero-order valence-electron chi connectivity index (χ0n) is 10.4. The maximum Gasteiger partial charge on any atom is 0.159 e. The van der Waals surface area contributed by atoms with E-state index in [4.69, 9.17) is 4.74 Å². The normalized spacial score (nSPS) is 12.2. The van der Waals surface area contributed by atoms with Gasteiger partial charge in [-0.1, -0.05) is 34.1 Å². The monoisotopic (exact) mass is 326 g/mol. The van der Waals surface area contributed by atoms with Gasteiger partial charge in [0.05, 0.1) is 7.11 Å². The SMILES string of the molecule is COc1cccc(CC(Br)c2ccc(F)c(F)c2)c1. The fraction of sp³-hybridized carbons (Fsp3) is 0.200. The lowest BCUT2D eigenvalue weighted by Gasteiger charge is -2.11. The lowest BCUT2D eigenvalue weighted by atomic mass is 10.0. The van der Waals surface area contributed by atoms with Crippen LogP contribution in [0.25, 0.3) is 0 Å². The summed E-state index contributed by atoms with van der Waals surface area (Å²) in [6.45, 7) is 0. The highest BCUT2D eigenvalue weighted by atomic mass is 79.9. The van der Waals surface area contributed by atoms with Crippen molar-refractivity contribution >= 4 is 15.9 Å². The van der Waals surface area contributed by atoms with Gasteiger partial charge in [0.15, 0.2) is 11.6 Å². The Kier molecular flexibility index (Phi) is 4.53. The highest BCUT2D eigenvalue weighted by Crippen LogP contribution is 2.29. The molecule has 0 N–H and O–H groups in total. The molecule has 0 aromatic heterocycles. The first kappa shape index (κ1) is 14.0. The molecule has 1 unspecified atom stereocenters. The summed E-state index contributed by atoms with van der Waals surface area (Å²) in [5.74, 6) is -0.875. The molecule has 1 nitrogen and oxygen atoms in total. The van der Waals surface area contributed by atoms with Gasteiger partial charge in [-0.15, -0.1) is 0 Å². The average molecular weight is 327 g/mol. The van der Waals surface area contributed by atoms with Crippen LogP contribution in [0, 0.1) is 11.6 Å². The number of hydrogen-bond donors (Lipinski definition) is 0. The minimum atomic E-state index is -0.829. The van der Waals surface area contributed by atoms with Crippen molar-refractivity contribution in [3.05, 3.63) is 65.2 Å². The van der Waals surface area contributed by atoms with Crippen molar-refractivity contribution in [1.29, 1.82) is 0 Å². The highest BCUT2D eigenvalue weighted by Gasteiger charge is 2.12. The van der Waals surface area contributed by atoms with Crippen molar-refractivity contribution in [2.24, 2.45) is 0 Å². The molecule has 0 bridgehead atoms. The van der Waals surface area contributed by atoms with Gasteiger partial charge in [0.2, 0.25) is 0 Å². The molecule has 2 aromatic rings. The average Bonchev–Trinajstić information content (AvgIpc) is 2.42. The van der Waals surface area contributed by atoms with E-state index in [1.807, 2.05) is 24.3 Å². The molecule has 0 aliphatic carbocycles. The molecule has 0 saturated carbocycles. The summed E-state index contributed by atoms with van der Waals surface area (Å²) in [6.07, 6.45) is 0.669. The van der Waals surface area contributed by atoms with Crippen LogP contribution in [0.5, 0.6) is 5.75 Å². The molecular weight excluding hydrogens is 314 g/mol. The predicted molar refractivity (Wildman–Crippen MR) is 74.7 cm³/mol. The molecule has 2 aromatic carbocycles. The Balaban J connectivity index is 2.15. The van der Waals surface area contributed by atoms with Gasteiger partial charge < -0.3 is 4.74 Å². The summed E-state index contributed by atoms with van der Waals surface area (Å²) in [5, 5.41) is 0. The van der Waals surface area contributed by atoms with Gasteiger partial charge in [0.1, 0.15) is 5.75 Å². The quantitative estimate of drug-likeness (QED) is 0.743. The number of alkyl halides is 1. The Bertz CT molecular complexity index is 572. The van der Waals surface area contributed by atoms with Gasteiger partial charge in [0.25, 0.3) is 0 Å². The smallest absolute Gasteiger partial charge is 0.159 e. The van der Waals surface area contributed by atoms with E-state index < -0.39 is 11.6 Å². The van der Waals surface area contributed by atoms with Crippen molar-refractivity contribution in [3.63, 3.8) is 0 Å². The standard InChI is InChI=1S/C15H13BrF2O/c1-19-12-4-2-3-10(7-12)8-13(16)11-5-6-14(17)15(18)9-11/h2-7,9,13H,8H2,1H3. The van der Waals surface area contributed by atoms with E-state index in [9.17, 15) is 8.78 Å². The second-order valence-corrected chi connectivity index (χ2v) is 5.30. The first-order chi connectivity index (χ1) is 9.10. The molecule has 0 fully saturated rings. The van der Waals surface area contributed by atoms with Crippen LogP contribution in [0.2, 0.25) is 0 Å². The summed E-state index contributed by atoms with van der Waals surface area (Å²) in [5.41, 5.74) is 1.77. The molecule has 0 spiro atoms. The van der Waals surface area contributed by atoms with Gasteiger partial charge in [-0.3, -0.25) is 0 Å². The summed E-state index contributed by atoms with van der Waals surface area (Å²) in [4.78, 5) is -0.0743. The van der Waals surface area contributed by atoms with Crippen molar-refractivity contribution in [2.45, 2.75) is 11.2 Å². The largest absolute Gasteiger partial charge is 0.497 e. The first-order valence-corrected chi connectivity index (χ1v) is 6.73. The van der Waals surface area contributed by atoms with E-state index in [1.165, 1.54) is 6.07 Å². The minimum absolute atomic E-state index is 0.0743. The zero-order valence-corrected chi connectivity index (χ0v) is 12.0. The minimum Gasteiger partial charge on any atom is -0.497 e. The van der Waals surface area contributed by atoms with E-state index in [2.05, 4.69) is 15.9 Å². The van der Waals surface area contributed by atoms with Crippen LogP contribution < -0.4 is 4.74 Å². The van der Waals surface area contributed by atoms with Crippen LogP contribution >= 0.6 is 15.9 Å². The predicted octanol–water partition coefficient (Wildman–Crippen LogP) is 4.65. The van der Waals surface area contributed by atoms with Gasteiger partial charge in [-0.05, 0) is 41.8 Å². The molecule has 0 heterocycles. The summed E-state index contributed by atoms with van der Waals surface area (Å²) in [7, 11) is 1.61. The number of benzene rings is 2. The first-order valence-electron chi connectivity index (χ1n) is 5.82. The molecule has 4 heteroatoms. The van der Waals surface area contributed by atoms with Crippen LogP contribution in [0.15, 0.2) is 42.5 Å². The zero-order chi connectivity index (χ0) is 13.8. The third-order valence-electron chi connectivity index (χ3n) is 2.85. The second kappa shape index (κ2) is 6.15. The van der Waals surface area contributed by atoms with E-state index in [-0.39, 0.29) is 4.83 Å². The van der Waals surface area contributed by atoms with E-state index in [0.29, 0.717) is 12.0 Å². The maximum absolute atomic E-state index is 13.2. The Morgan fingerprint density at radius 2 is 1.89 bits per heavy atom. The number of halogens is 3. The Morgan fingerprint density at radius 3 is 2.58 bits per heavy atom. The lowest BCUT2D eigenvalue weighted by Crippen LogP contribution is -1.97. The molecule has 0 amide bonds. The van der Waals surface area contributed by atoms with Crippen molar-refractivity contribution in [3.8, 4) is 5.75 Å². The number of hydrogen-bond acceptors (Lipinski definition) is 1. The van der Waals surface area contributed by atoms with Gasteiger partial charge in [-0.2, -0.15) is 0 Å². The molecule has 0 saturated heterocycles. The molecule has 1 atom stereocenters. The van der Waals surface area contributed by atoms with Crippen LogP contribution in [0.1, 0.15) is 16.0 Å². The fourth-order valence-corrected chi connectivity index (χ4v) is 2.49. The Morgan fingerprint density at radius 1 is 1.11 bits per heavy atom. The molecule has 100 valence electrons. The van der Waals surface area contributed by atoms with Crippen LogP contribution in [-0.4, -0.2) is 7.11 Å². The second-order valence-electron chi connectivity index (χ2n) is 4.20. The van der Waals surface area contributed by atoms with Crippen molar-refractivity contribution in [2.75, 3.05) is 7.11 Å². The number of rotatable bonds is 4. The highest BCUT2D eigenvalue weighted by molar-refractivity contribution is 9.09. The van der Waals surface area contributed by atoms with E-state index in [0.717, 1.165) is 17.4 Å². The third-order valence-corrected chi connectivity index (χ3v) is 3.71. The molecule has 2 rings (SSSR count). The van der Waals surface area contributed by atoms with Gasteiger partial charge >= 0.3 is 0 Å². The number of methoxy groups -OCH3 is 1. The Hall–Kier alpha value is -1.42. The van der Waals surface area contributed by atoms with Crippen molar-refractivity contribution < 1.29 is 13.5 Å². The molecule has 19 heavy (non-hydrogen) atoms. The summed E-state index contributed by atoms with van der Waals surface area (Å²) >= 11 is 3.50. The molecule has 0 aliphatic heterocycles. The van der Waals surface area contributed by atoms with Crippen LogP contribution in [0.3, 0.4) is 0 Å².